The summed E-state index contributed by atoms with van der Waals surface area (Å²) in [5.74, 6) is 0.0486. The van der Waals surface area contributed by atoms with Gasteiger partial charge in [0.05, 0.1) is 6.33 Å². The van der Waals surface area contributed by atoms with Crippen molar-refractivity contribution in [3.05, 3.63) is 30.2 Å². The van der Waals surface area contributed by atoms with E-state index in [1.54, 1.807) is 19.4 Å². The van der Waals surface area contributed by atoms with E-state index in [0.717, 1.165) is 18.5 Å². The third kappa shape index (κ3) is 2.67. The molecule has 0 radical (unpaired) electrons. The molecule has 8 nitrogen and oxygen atoms in total. The number of aryl methyl sites for hydroxylation is 2. The van der Waals surface area contributed by atoms with Gasteiger partial charge in [-0.2, -0.15) is 0 Å². The lowest BCUT2D eigenvalue weighted by Gasteiger charge is -2.19. The summed E-state index contributed by atoms with van der Waals surface area (Å²) in [4.78, 5) is 6.32. The molecule has 0 aliphatic carbocycles. The predicted octanol–water partition coefficient (Wildman–Crippen LogP) is 0.0926. The molecular weight excluding hydrogens is 306 g/mol. The van der Waals surface area contributed by atoms with Gasteiger partial charge < -0.3 is 14.0 Å². The summed E-state index contributed by atoms with van der Waals surface area (Å²) in [5.41, 5.74) is 1.37. The Morgan fingerprint density at radius 3 is 2.73 bits per heavy atom. The number of hydrogen-bond acceptors (Lipinski definition) is 6. The van der Waals surface area contributed by atoms with Crippen LogP contribution in [0.25, 0.3) is 0 Å². The van der Waals surface area contributed by atoms with Gasteiger partial charge in [0, 0.05) is 44.0 Å². The maximum Gasteiger partial charge on any atom is 0.246 e. The fourth-order valence-corrected chi connectivity index (χ4v) is 4.31. The fourth-order valence-electron chi connectivity index (χ4n) is 2.95. The van der Waals surface area contributed by atoms with Gasteiger partial charge in [-0.3, -0.25) is 0 Å². The quantitative estimate of drug-likeness (QED) is 0.856. The number of nitrogens with zero attached hydrogens (tertiary/aromatic N) is 4. The third-order valence-electron chi connectivity index (χ3n) is 4.04. The molecule has 0 saturated carbocycles. The van der Waals surface area contributed by atoms with Gasteiger partial charge in [0.15, 0.2) is 0 Å². The first-order chi connectivity index (χ1) is 10.4. The van der Waals surface area contributed by atoms with Crippen LogP contribution in [0, 0.1) is 6.92 Å². The topological polar surface area (TPSA) is 93.3 Å². The maximum absolute atomic E-state index is 12.5. The summed E-state index contributed by atoms with van der Waals surface area (Å²) >= 11 is 0. The molecule has 22 heavy (non-hydrogen) atoms. The highest BCUT2D eigenvalue weighted by Crippen LogP contribution is 2.27. The van der Waals surface area contributed by atoms with Gasteiger partial charge in [-0.15, -0.1) is 0 Å². The number of aromatic nitrogens is 3. The second-order valence-electron chi connectivity index (χ2n) is 5.75. The Labute approximate surface area is 129 Å². The van der Waals surface area contributed by atoms with Crippen LogP contribution in [0.3, 0.4) is 0 Å². The van der Waals surface area contributed by atoms with Crippen LogP contribution in [0.15, 0.2) is 28.2 Å². The molecule has 3 rings (SSSR count). The van der Waals surface area contributed by atoms with Gasteiger partial charge in [-0.05, 0) is 14.0 Å². The van der Waals surface area contributed by atoms with Crippen molar-refractivity contribution >= 4 is 10.0 Å². The Hall–Kier alpha value is -1.71. The van der Waals surface area contributed by atoms with Crippen LogP contribution < -0.4 is 4.72 Å². The van der Waals surface area contributed by atoms with Gasteiger partial charge in [0.1, 0.15) is 16.9 Å². The SMILES string of the molecule is Cc1nocc1S(=O)(=O)N[C@@H]1CN(C)C[C@H]1c1cncn1C. The molecule has 2 aromatic heterocycles. The normalized spacial score (nSPS) is 23.2. The summed E-state index contributed by atoms with van der Waals surface area (Å²) in [6.45, 7) is 3.02. The van der Waals surface area contributed by atoms with Crippen molar-refractivity contribution in [3.8, 4) is 0 Å². The molecule has 0 amide bonds. The van der Waals surface area contributed by atoms with Crippen LogP contribution in [0.1, 0.15) is 17.3 Å². The molecule has 0 unspecified atom stereocenters. The molecule has 2 aromatic rings. The van der Waals surface area contributed by atoms with Crippen molar-refractivity contribution in [2.24, 2.45) is 7.05 Å². The standard InChI is InChI=1S/C13H19N5O3S/c1-9-13(7-21-15-9)22(19,20)16-11-6-17(2)5-10(11)12-4-14-8-18(12)3/h4,7-8,10-11,16H,5-6H2,1-3H3/t10-,11-/m1/s1. The smallest absolute Gasteiger partial charge is 0.246 e. The molecule has 1 aliphatic heterocycles. The second-order valence-corrected chi connectivity index (χ2v) is 7.43. The van der Waals surface area contributed by atoms with Crippen molar-refractivity contribution in [3.63, 3.8) is 0 Å². The minimum Gasteiger partial charge on any atom is -0.363 e. The lowest BCUT2D eigenvalue weighted by molar-refractivity contribution is 0.404. The van der Waals surface area contributed by atoms with Crippen LogP contribution >= 0.6 is 0 Å². The van der Waals surface area contributed by atoms with E-state index >= 15 is 0 Å². The molecule has 120 valence electrons. The van der Waals surface area contributed by atoms with Crippen LogP contribution in [-0.2, 0) is 17.1 Å². The van der Waals surface area contributed by atoms with Gasteiger partial charge in [0.2, 0.25) is 10.0 Å². The Morgan fingerprint density at radius 2 is 2.14 bits per heavy atom. The van der Waals surface area contributed by atoms with E-state index in [4.69, 9.17) is 4.52 Å². The van der Waals surface area contributed by atoms with E-state index in [2.05, 4.69) is 19.8 Å². The Morgan fingerprint density at radius 1 is 1.36 bits per heavy atom. The van der Waals surface area contributed by atoms with E-state index in [1.165, 1.54) is 0 Å². The number of imidazole rings is 1. The van der Waals surface area contributed by atoms with E-state index < -0.39 is 10.0 Å². The molecule has 2 atom stereocenters. The Balaban J connectivity index is 1.87. The van der Waals surface area contributed by atoms with E-state index in [9.17, 15) is 8.42 Å². The number of hydrogen-bond donors (Lipinski definition) is 1. The van der Waals surface area contributed by atoms with Crippen molar-refractivity contribution in [1.82, 2.24) is 24.3 Å². The maximum atomic E-state index is 12.5. The number of sulfonamides is 1. The highest BCUT2D eigenvalue weighted by atomic mass is 32.2. The Kier molecular flexibility index (Phi) is 3.79. The summed E-state index contributed by atoms with van der Waals surface area (Å²) in [5, 5.41) is 3.64. The largest absolute Gasteiger partial charge is 0.363 e. The molecule has 0 aromatic carbocycles. The molecular formula is C13H19N5O3S. The zero-order chi connectivity index (χ0) is 15.9. The third-order valence-corrected chi connectivity index (χ3v) is 5.62. The van der Waals surface area contributed by atoms with Crippen LogP contribution in [0.5, 0.6) is 0 Å². The lowest BCUT2D eigenvalue weighted by Crippen LogP contribution is -2.40. The second kappa shape index (κ2) is 5.49. The van der Waals surface area contributed by atoms with Gasteiger partial charge in [0.25, 0.3) is 0 Å². The highest BCUT2D eigenvalue weighted by molar-refractivity contribution is 7.89. The van der Waals surface area contributed by atoms with Crippen molar-refractivity contribution in [1.29, 1.82) is 0 Å². The number of nitrogens with one attached hydrogen (secondary N) is 1. The first-order valence-corrected chi connectivity index (χ1v) is 8.45. The molecule has 1 saturated heterocycles. The van der Waals surface area contributed by atoms with Crippen LogP contribution in [0.2, 0.25) is 0 Å². The molecule has 0 spiro atoms. The first kappa shape index (κ1) is 15.2. The van der Waals surface area contributed by atoms with Crippen molar-refractivity contribution in [2.45, 2.75) is 23.8 Å². The van der Waals surface area contributed by atoms with E-state index in [1.807, 2.05) is 18.7 Å². The van der Waals surface area contributed by atoms with Gasteiger partial charge >= 0.3 is 0 Å². The average Bonchev–Trinajstić information content (AvgIpc) is 3.10. The molecule has 1 fully saturated rings. The lowest BCUT2D eigenvalue weighted by atomic mass is 10.0. The average molecular weight is 325 g/mol. The van der Waals surface area contributed by atoms with E-state index in [-0.39, 0.29) is 16.9 Å². The molecule has 3 heterocycles. The number of rotatable bonds is 4. The minimum atomic E-state index is -3.65. The zero-order valence-corrected chi connectivity index (χ0v) is 13.5. The molecule has 9 heteroatoms. The first-order valence-electron chi connectivity index (χ1n) is 6.96. The Bertz CT molecular complexity index is 766. The number of likely N-dealkylation sites (N-methyl/N-ethyl adjacent to an activating group) is 1. The van der Waals surface area contributed by atoms with Crippen molar-refractivity contribution in [2.75, 3.05) is 20.1 Å². The summed E-state index contributed by atoms with van der Waals surface area (Å²) in [7, 11) is 0.234. The molecule has 1 aliphatic rings. The van der Waals surface area contributed by atoms with E-state index in [0.29, 0.717) is 12.2 Å². The number of likely N-dealkylation sites (tertiary alicyclic amines) is 1. The predicted molar refractivity (Wildman–Crippen MR) is 78.8 cm³/mol. The summed E-state index contributed by atoms with van der Waals surface area (Å²) in [6.07, 6.45) is 4.68. The molecule has 1 N–H and O–H groups in total. The van der Waals surface area contributed by atoms with Gasteiger partial charge in [-0.1, -0.05) is 5.16 Å². The highest BCUT2D eigenvalue weighted by Gasteiger charge is 2.37. The summed E-state index contributed by atoms with van der Waals surface area (Å²) in [6, 6.07) is -0.223. The zero-order valence-electron chi connectivity index (χ0n) is 12.7. The van der Waals surface area contributed by atoms with Crippen LogP contribution in [-0.4, -0.2) is 54.2 Å². The van der Waals surface area contributed by atoms with Crippen molar-refractivity contribution < 1.29 is 12.9 Å². The fraction of sp³-hybridized carbons (Fsp3) is 0.538. The monoisotopic (exact) mass is 325 g/mol. The summed E-state index contributed by atoms with van der Waals surface area (Å²) < 4.78 is 34.5. The van der Waals surface area contributed by atoms with Gasteiger partial charge in [-0.25, -0.2) is 18.1 Å². The van der Waals surface area contributed by atoms with Crippen LogP contribution in [0.4, 0.5) is 0 Å². The minimum absolute atomic E-state index is 0.0486. The molecule has 0 bridgehead atoms.